The lowest BCUT2D eigenvalue weighted by Crippen LogP contribution is -2.26. The van der Waals surface area contributed by atoms with Crippen LogP contribution >= 0.6 is 24.0 Å². The maximum absolute atomic E-state index is 6.22. The van der Waals surface area contributed by atoms with Crippen LogP contribution in [0.2, 0.25) is 5.02 Å². The fraction of sp³-hybridized carbons (Fsp3) is 0.538. The van der Waals surface area contributed by atoms with Crippen molar-refractivity contribution in [1.82, 2.24) is 4.90 Å². The Balaban J connectivity index is 0.00000144. The third-order valence-corrected chi connectivity index (χ3v) is 3.90. The van der Waals surface area contributed by atoms with Crippen molar-refractivity contribution in [1.29, 1.82) is 0 Å². The Kier molecular flexibility index (Phi) is 5.74. The molecule has 2 unspecified atom stereocenters. The van der Waals surface area contributed by atoms with E-state index in [0.29, 0.717) is 12.0 Å². The summed E-state index contributed by atoms with van der Waals surface area (Å²) in [5.41, 5.74) is 6.94. The van der Waals surface area contributed by atoms with Gasteiger partial charge in [0.05, 0.1) is 0 Å². The monoisotopic (exact) mass is 274 g/mol. The van der Waals surface area contributed by atoms with Crippen LogP contribution in [0.1, 0.15) is 24.9 Å². The second-order valence-corrected chi connectivity index (χ2v) is 4.99. The van der Waals surface area contributed by atoms with Gasteiger partial charge in [0.15, 0.2) is 0 Å². The van der Waals surface area contributed by atoms with E-state index in [1.807, 2.05) is 18.2 Å². The second-order valence-electron chi connectivity index (χ2n) is 4.58. The van der Waals surface area contributed by atoms with Crippen LogP contribution in [0, 0.1) is 5.92 Å². The highest BCUT2D eigenvalue weighted by Crippen LogP contribution is 2.30. The zero-order chi connectivity index (χ0) is 11.5. The fourth-order valence-electron chi connectivity index (χ4n) is 2.42. The molecular formula is C13H20Cl2N2. The first-order chi connectivity index (χ1) is 7.72. The predicted octanol–water partition coefficient (Wildman–Crippen LogP) is 3.10. The molecule has 1 aliphatic rings. The zero-order valence-corrected chi connectivity index (χ0v) is 11.7. The fourth-order valence-corrected chi connectivity index (χ4v) is 2.71. The molecule has 1 heterocycles. The molecule has 4 heteroatoms. The Morgan fingerprint density at radius 1 is 1.47 bits per heavy atom. The number of rotatable bonds is 3. The smallest absolute Gasteiger partial charge is 0.0453 e. The summed E-state index contributed by atoms with van der Waals surface area (Å²) in [6, 6.07) is 8.50. The summed E-state index contributed by atoms with van der Waals surface area (Å²) in [5.74, 6) is 0.657. The van der Waals surface area contributed by atoms with Crippen LogP contribution in [0.5, 0.6) is 0 Å². The predicted molar refractivity (Wildman–Crippen MR) is 75.8 cm³/mol. The topological polar surface area (TPSA) is 29.3 Å². The minimum Gasteiger partial charge on any atom is -0.330 e. The number of hydrogen-bond donors (Lipinski definition) is 1. The average Bonchev–Trinajstić information content (AvgIpc) is 2.77. The van der Waals surface area contributed by atoms with E-state index >= 15 is 0 Å². The summed E-state index contributed by atoms with van der Waals surface area (Å²) in [7, 11) is 0. The van der Waals surface area contributed by atoms with Gasteiger partial charge in [0.1, 0.15) is 0 Å². The van der Waals surface area contributed by atoms with Gasteiger partial charge in [-0.1, -0.05) is 29.8 Å². The lowest BCUT2D eigenvalue weighted by molar-refractivity contribution is 0.253. The molecule has 0 radical (unpaired) electrons. The standard InChI is InChI=1S/C13H19ClN2.ClH/c1-10(12-4-2-3-5-13(12)14)16-7-6-11(8-15)9-16;/h2-5,10-11H,6-9,15H2,1H3;1H. The minimum atomic E-state index is 0. The van der Waals surface area contributed by atoms with Gasteiger partial charge in [-0.25, -0.2) is 0 Å². The third kappa shape index (κ3) is 3.35. The van der Waals surface area contributed by atoms with E-state index in [1.54, 1.807) is 0 Å². The maximum atomic E-state index is 6.22. The van der Waals surface area contributed by atoms with Gasteiger partial charge in [0.25, 0.3) is 0 Å². The van der Waals surface area contributed by atoms with Gasteiger partial charge in [0, 0.05) is 17.6 Å². The van der Waals surface area contributed by atoms with E-state index in [2.05, 4.69) is 17.9 Å². The molecule has 2 rings (SSSR count). The molecule has 1 aromatic rings. The van der Waals surface area contributed by atoms with Gasteiger partial charge < -0.3 is 5.73 Å². The Bertz CT molecular complexity index is 357. The number of hydrogen-bond acceptors (Lipinski definition) is 2. The van der Waals surface area contributed by atoms with Crippen molar-refractivity contribution in [2.75, 3.05) is 19.6 Å². The molecule has 1 fully saturated rings. The van der Waals surface area contributed by atoms with E-state index < -0.39 is 0 Å². The SMILES string of the molecule is CC(c1ccccc1Cl)N1CCC(CN)C1.Cl. The largest absolute Gasteiger partial charge is 0.330 e. The van der Waals surface area contributed by atoms with Gasteiger partial charge in [-0.3, -0.25) is 4.90 Å². The van der Waals surface area contributed by atoms with Gasteiger partial charge in [-0.2, -0.15) is 0 Å². The van der Waals surface area contributed by atoms with Crippen LogP contribution in [0.3, 0.4) is 0 Å². The Morgan fingerprint density at radius 3 is 2.76 bits per heavy atom. The number of nitrogens with two attached hydrogens (primary N) is 1. The summed E-state index contributed by atoms with van der Waals surface area (Å²) in [6.07, 6.45) is 1.21. The van der Waals surface area contributed by atoms with Crippen molar-refractivity contribution in [3.8, 4) is 0 Å². The Labute approximate surface area is 115 Å². The highest BCUT2D eigenvalue weighted by atomic mass is 35.5. The average molecular weight is 275 g/mol. The summed E-state index contributed by atoms with van der Waals surface area (Å²) >= 11 is 6.22. The van der Waals surface area contributed by atoms with E-state index in [1.165, 1.54) is 12.0 Å². The molecule has 2 nitrogen and oxygen atoms in total. The Morgan fingerprint density at radius 2 is 2.18 bits per heavy atom. The highest BCUT2D eigenvalue weighted by molar-refractivity contribution is 6.31. The van der Waals surface area contributed by atoms with E-state index in [9.17, 15) is 0 Å². The number of likely N-dealkylation sites (tertiary alicyclic amines) is 1. The molecule has 1 saturated heterocycles. The molecule has 17 heavy (non-hydrogen) atoms. The molecule has 1 aromatic carbocycles. The maximum Gasteiger partial charge on any atom is 0.0453 e. The lowest BCUT2D eigenvalue weighted by atomic mass is 10.1. The molecule has 2 N–H and O–H groups in total. The van der Waals surface area contributed by atoms with Crippen LogP contribution in [0.15, 0.2) is 24.3 Å². The minimum absolute atomic E-state index is 0. The summed E-state index contributed by atoms with van der Waals surface area (Å²) in [6.45, 7) is 5.25. The first kappa shape index (κ1) is 14.8. The molecule has 96 valence electrons. The van der Waals surface area contributed by atoms with Crippen molar-refractivity contribution in [2.24, 2.45) is 11.7 Å². The van der Waals surface area contributed by atoms with Crippen molar-refractivity contribution in [3.05, 3.63) is 34.9 Å². The van der Waals surface area contributed by atoms with Gasteiger partial charge >= 0.3 is 0 Å². The molecule has 0 saturated carbocycles. The molecule has 1 aliphatic heterocycles. The normalized spacial score (nSPS) is 22.2. The first-order valence-electron chi connectivity index (χ1n) is 5.91. The summed E-state index contributed by atoms with van der Waals surface area (Å²) in [4.78, 5) is 2.47. The van der Waals surface area contributed by atoms with Gasteiger partial charge in [-0.05, 0) is 44.0 Å². The number of halogens is 2. The van der Waals surface area contributed by atoms with E-state index in [4.69, 9.17) is 17.3 Å². The van der Waals surface area contributed by atoms with Crippen molar-refractivity contribution < 1.29 is 0 Å². The highest BCUT2D eigenvalue weighted by Gasteiger charge is 2.26. The van der Waals surface area contributed by atoms with E-state index in [0.717, 1.165) is 24.7 Å². The molecule has 0 aromatic heterocycles. The quantitative estimate of drug-likeness (QED) is 0.918. The summed E-state index contributed by atoms with van der Waals surface area (Å²) in [5, 5.41) is 0.867. The van der Waals surface area contributed by atoms with Gasteiger partial charge in [-0.15, -0.1) is 12.4 Å². The van der Waals surface area contributed by atoms with E-state index in [-0.39, 0.29) is 12.4 Å². The van der Waals surface area contributed by atoms with Crippen LogP contribution < -0.4 is 5.73 Å². The van der Waals surface area contributed by atoms with Crippen LogP contribution in [-0.4, -0.2) is 24.5 Å². The van der Waals surface area contributed by atoms with Crippen LogP contribution in [0.4, 0.5) is 0 Å². The molecular weight excluding hydrogens is 255 g/mol. The third-order valence-electron chi connectivity index (χ3n) is 3.55. The lowest BCUT2D eigenvalue weighted by Gasteiger charge is -2.25. The molecule has 2 atom stereocenters. The molecule has 0 amide bonds. The number of nitrogens with zero attached hydrogens (tertiary/aromatic N) is 1. The molecule has 0 aliphatic carbocycles. The van der Waals surface area contributed by atoms with Crippen LogP contribution in [-0.2, 0) is 0 Å². The second kappa shape index (κ2) is 6.60. The Hall–Kier alpha value is -0.280. The van der Waals surface area contributed by atoms with Crippen molar-refractivity contribution >= 4 is 24.0 Å². The summed E-state index contributed by atoms with van der Waals surface area (Å²) < 4.78 is 0. The van der Waals surface area contributed by atoms with Crippen molar-refractivity contribution in [3.63, 3.8) is 0 Å². The van der Waals surface area contributed by atoms with Crippen LogP contribution in [0.25, 0.3) is 0 Å². The van der Waals surface area contributed by atoms with Gasteiger partial charge in [0.2, 0.25) is 0 Å². The molecule has 0 spiro atoms. The first-order valence-corrected chi connectivity index (χ1v) is 6.28. The number of benzene rings is 1. The zero-order valence-electron chi connectivity index (χ0n) is 10.1. The molecule has 0 bridgehead atoms. The van der Waals surface area contributed by atoms with Crippen molar-refractivity contribution in [2.45, 2.75) is 19.4 Å².